The molecule has 0 unspecified atom stereocenters. The number of nitrogens with one attached hydrogen (secondary N) is 1. The monoisotopic (exact) mass is 452 g/mol. The molecule has 3 aromatic rings. The Hall–Kier alpha value is -4.04. The summed E-state index contributed by atoms with van der Waals surface area (Å²) in [5.74, 6) is -1.79. The average Bonchev–Trinajstić information content (AvgIpc) is 2.78. The average molecular weight is 453 g/mol. The third-order valence-corrected chi connectivity index (χ3v) is 4.73. The first-order valence-electron chi connectivity index (χ1n) is 9.42. The number of Topliss-reactive ketones (excluding diaryl/α,β-unsaturated/α-hetero) is 1. The number of carbonyl (C=O) groups is 3. The van der Waals surface area contributed by atoms with Crippen LogP contribution in [0.15, 0.2) is 72.8 Å². The summed E-state index contributed by atoms with van der Waals surface area (Å²) in [6.45, 7) is 1.44. The Morgan fingerprint density at radius 3 is 2.31 bits per heavy atom. The summed E-state index contributed by atoms with van der Waals surface area (Å²) in [7, 11) is 0. The van der Waals surface area contributed by atoms with Crippen molar-refractivity contribution in [2.45, 2.75) is 13.0 Å². The smallest absolute Gasteiger partial charge is 0.340 e. The van der Waals surface area contributed by atoms with Gasteiger partial charge in [0.1, 0.15) is 0 Å². The van der Waals surface area contributed by atoms with Gasteiger partial charge in [0.15, 0.2) is 6.10 Å². The lowest BCUT2D eigenvalue weighted by atomic mass is 10.1. The number of rotatable bonds is 7. The fourth-order valence-electron chi connectivity index (χ4n) is 2.85. The Morgan fingerprint density at radius 2 is 1.66 bits per heavy atom. The lowest BCUT2D eigenvalue weighted by molar-refractivity contribution is -0.384. The number of nitro groups is 1. The molecule has 1 N–H and O–H groups in total. The van der Waals surface area contributed by atoms with Gasteiger partial charge in [0.2, 0.25) is 5.78 Å². The minimum Gasteiger partial charge on any atom is -0.451 e. The summed E-state index contributed by atoms with van der Waals surface area (Å²) in [5.41, 5.74) is 0.543. The summed E-state index contributed by atoms with van der Waals surface area (Å²) < 4.78 is 5.30. The topological polar surface area (TPSA) is 116 Å². The van der Waals surface area contributed by atoms with Gasteiger partial charge in [-0.05, 0) is 43.3 Å². The van der Waals surface area contributed by atoms with E-state index in [4.69, 9.17) is 16.3 Å². The molecular weight excluding hydrogens is 436 g/mol. The predicted molar refractivity (Wildman–Crippen MR) is 118 cm³/mol. The molecule has 0 saturated heterocycles. The minimum absolute atomic E-state index is 0.0495. The molecule has 0 spiro atoms. The number of ketones is 1. The van der Waals surface area contributed by atoms with Crippen LogP contribution in [0.25, 0.3) is 0 Å². The van der Waals surface area contributed by atoms with Gasteiger partial charge >= 0.3 is 5.97 Å². The van der Waals surface area contributed by atoms with Crippen LogP contribution in [0.4, 0.5) is 11.4 Å². The van der Waals surface area contributed by atoms with Crippen LogP contribution >= 0.6 is 11.6 Å². The van der Waals surface area contributed by atoms with E-state index < -0.39 is 28.7 Å². The molecule has 0 radical (unpaired) electrons. The van der Waals surface area contributed by atoms with Crippen LogP contribution in [0.3, 0.4) is 0 Å². The first kappa shape index (κ1) is 22.6. The van der Waals surface area contributed by atoms with E-state index in [9.17, 15) is 24.5 Å². The lowest BCUT2D eigenvalue weighted by Gasteiger charge is -2.15. The molecule has 8 nitrogen and oxygen atoms in total. The second kappa shape index (κ2) is 9.84. The molecule has 0 fully saturated rings. The van der Waals surface area contributed by atoms with Crippen LogP contribution in [-0.4, -0.2) is 28.7 Å². The van der Waals surface area contributed by atoms with Crippen LogP contribution in [0.2, 0.25) is 5.02 Å². The highest BCUT2D eigenvalue weighted by Crippen LogP contribution is 2.20. The summed E-state index contributed by atoms with van der Waals surface area (Å²) in [5, 5.41) is 13.7. The van der Waals surface area contributed by atoms with Crippen LogP contribution in [0.5, 0.6) is 0 Å². The fraction of sp³-hybridized carbons (Fsp3) is 0.0870. The second-order valence-electron chi connectivity index (χ2n) is 6.73. The second-order valence-corrected chi connectivity index (χ2v) is 7.16. The first-order chi connectivity index (χ1) is 15.3. The zero-order valence-electron chi connectivity index (χ0n) is 16.8. The number of esters is 1. The Morgan fingerprint density at radius 1 is 0.969 bits per heavy atom. The van der Waals surface area contributed by atoms with Crippen molar-refractivity contribution in [2.24, 2.45) is 0 Å². The number of benzene rings is 3. The molecule has 0 aliphatic carbocycles. The Balaban J connectivity index is 1.73. The number of halogens is 1. The van der Waals surface area contributed by atoms with Crippen LogP contribution in [0, 0.1) is 10.1 Å². The lowest BCUT2D eigenvalue weighted by Crippen LogP contribution is -2.25. The van der Waals surface area contributed by atoms with Gasteiger partial charge in [0, 0.05) is 28.3 Å². The Labute approximate surface area is 187 Å². The van der Waals surface area contributed by atoms with Crippen LogP contribution < -0.4 is 5.32 Å². The Bertz CT molecular complexity index is 1190. The van der Waals surface area contributed by atoms with Gasteiger partial charge in [0.05, 0.1) is 16.2 Å². The van der Waals surface area contributed by atoms with Gasteiger partial charge in [-0.1, -0.05) is 35.9 Å². The molecule has 32 heavy (non-hydrogen) atoms. The largest absolute Gasteiger partial charge is 0.451 e. The number of hydrogen-bond donors (Lipinski definition) is 1. The van der Waals surface area contributed by atoms with Crippen molar-refractivity contribution in [3.05, 3.63) is 105 Å². The molecule has 0 aliphatic heterocycles. The molecule has 0 aromatic heterocycles. The van der Waals surface area contributed by atoms with Crippen molar-refractivity contribution < 1.29 is 24.0 Å². The van der Waals surface area contributed by atoms with Crippen molar-refractivity contribution >= 4 is 40.6 Å². The van der Waals surface area contributed by atoms with Crippen molar-refractivity contribution in [1.29, 1.82) is 0 Å². The molecule has 0 aliphatic rings. The zero-order valence-corrected chi connectivity index (χ0v) is 17.5. The summed E-state index contributed by atoms with van der Waals surface area (Å²) >= 11 is 5.91. The SMILES string of the molecule is C[C@H](OC(=O)c1ccccc1NC(=O)c1ccc([N+](=O)[O-])cc1)C(=O)c1cccc(Cl)c1. The molecule has 3 aromatic carbocycles. The number of non-ortho nitro benzene ring substituents is 1. The van der Waals surface area contributed by atoms with Gasteiger partial charge in [-0.2, -0.15) is 0 Å². The molecule has 1 atom stereocenters. The molecular formula is C23H17ClN2O6. The normalized spacial score (nSPS) is 11.3. The van der Waals surface area contributed by atoms with E-state index in [1.807, 2.05) is 0 Å². The van der Waals surface area contributed by atoms with Gasteiger partial charge < -0.3 is 10.1 Å². The van der Waals surface area contributed by atoms with Crippen LogP contribution in [-0.2, 0) is 4.74 Å². The van der Waals surface area contributed by atoms with Gasteiger partial charge in [-0.25, -0.2) is 4.79 Å². The van der Waals surface area contributed by atoms with E-state index in [0.29, 0.717) is 10.6 Å². The number of para-hydroxylation sites is 1. The highest BCUT2D eigenvalue weighted by atomic mass is 35.5. The van der Waals surface area contributed by atoms with E-state index in [2.05, 4.69) is 5.32 Å². The third kappa shape index (κ3) is 5.35. The van der Waals surface area contributed by atoms with Gasteiger partial charge in [-0.15, -0.1) is 0 Å². The standard InChI is InChI=1S/C23H17ClN2O6/c1-14(21(27)16-5-4-6-17(24)13-16)32-23(29)19-7-2-3-8-20(19)25-22(28)15-9-11-18(12-10-15)26(30)31/h2-14H,1H3,(H,25,28)/t14-/m0/s1. The van der Waals surface area contributed by atoms with Crippen molar-refractivity contribution in [2.75, 3.05) is 5.32 Å². The van der Waals surface area contributed by atoms with Crippen molar-refractivity contribution in [3.8, 4) is 0 Å². The molecule has 0 saturated carbocycles. The number of nitro benzene ring substituents is 1. The number of carbonyl (C=O) groups excluding carboxylic acids is 3. The molecule has 0 heterocycles. The van der Waals surface area contributed by atoms with E-state index >= 15 is 0 Å². The van der Waals surface area contributed by atoms with E-state index in [-0.39, 0.29) is 22.5 Å². The molecule has 1 amide bonds. The third-order valence-electron chi connectivity index (χ3n) is 4.50. The number of ether oxygens (including phenoxy) is 1. The molecule has 162 valence electrons. The fourth-order valence-corrected chi connectivity index (χ4v) is 3.04. The number of nitrogens with zero attached hydrogens (tertiary/aromatic N) is 1. The maximum atomic E-state index is 12.7. The van der Waals surface area contributed by atoms with E-state index in [0.717, 1.165) is 0 Å². The highest BCUT2D eigenvalue weighted by molar-refractivity contribution is 6.31. The summed E-state index contributed by atoms with van der Waals surface area (Å²) in [6, 6.07) is 17.5. The summed E-state index contributed by atoms with van der Waals surface area (Å²) in [4.78, 5) is 47.9. The van der Waals surface area contributed by atoms with Crippen LogP contribution in [0.1, 0.15) is 38.0 Å². The molecule has 0 bridgehead atoms. The highest BCUT2D eigenvalue weighted by Gasteiger charge is 2.23. The van der Waals surface area contributed by atoms with E-state index in [1.165, 1.54) is 49.4 Å². The first-order valence-corrected chi connectivity index (χ1v) is 9.79. The maximum absolute atomic E-state index is 12.7. The molecule has 9 heteroatoms. The van der Waals surface area contributed by atoms with E-state index in [1.54, 1.807) is 30.3 Å². The van der Waals surface area contributed by atoms with Crippen molar-refractivity contribution in [3.63, 3.8) is 0 Å². The van der Waals surface area contributed by atoms with Gasteiger partial charge in [0.25, 0.3) is 11.6 Å². The molecule has 3 rings (SSSR count). The predicted octanol–water partition coefficient (Wildman–Crippen LogP) is 4.93. The Kier molecular flexibility index (Phi) is 6.97. The zero-order chi connectivity index (χ0) is 23.3. The number of amides is 1. The number of hydrogen-bond acceptors (Lipinski definition) is 6. The minimum atomic E-state index is -1.08. The van der Waals surface area contributed by atoms with Gasteiger partial charge in [-0.3, -0.25) is 19.7 Å². The summed E-state index contributed by atoms with van der Waals surface area (Å²) in [6.07, 6.45) is -1.08. The van der Waals surface area contributed by atoms with Crippen molar-refractivity contribution in [1.82, 2.24) is 0 Å². The number of anilines is 1. The maximum Gasteiger partial charge on any atom is 0.340 e. The quantitative estimate of drug-likeness (QED) is 0.235.